The maximum absolute atomic E-state index is 10.9. The minimum Gasteiger partial charge on any atom is -0.483 e. The monoisotopic (exact) mass is 224 g/mol. The summed E-state index contributed by atoms with van der Waals surface area (Å²) in [6, 6.07) is 5.09. The van der Waals surface area contributed by atoms with Crippen LogP contribution in [0.2, 0.25) is 5.02 Å². The molecule has 0 saturated carbocycles. The first kappa shape index (κ1) is 11.3. The average Bonchev–Trinajstić information content (AvgIpc) is 2.17. The molecule has 0 radical (unpaired) electrons. The third-order valence-electron chi connectivity index (χ3n) is 1.69. The highest BCUT2D eigenvalue weighted by molar-refractivity contribution is 6.30. The molecule has 1 amide bonds. The second-order valence-electron chi connectivity index (χ2n) is 2.86. The third kappa shape index (κ3) is 3.49. The molecule has 0 aliphatic carbocycles. The van der Waals surface area contributed by atoms with Crippen LogP contribution in [0.25, 0.3) is 0 Å². The Bertz CT molecular complexity index is 412. The highest BCUT2D eigenvalue weighted by atomic mass is 35.5. The highest BCUT2D eigenvalue weighted by Crippen LogP contribution is 2.21. The van der Waals surface area contributed by atoms with E-state index in [1.165, 1.54) is 6.19 Å². The molecule has 0 aliphatic rings. The molecule has 0 spiro atoms. The van der Waals surface area contributed by atoms with Gasteiger partial charge in [-0.3, -0.25) is 10.1 Å². The van der Waals surface area contributed by atoms with Gasteiger partial charge in [0.2, 0.25) is 0 Å². The first-order valence-electron chi connectivity index (χ1n) is 4.20. The quantitative estimate of drug-likeness (QED) is 0.627. The van der Waals surface area contributed by atoms with E-state index in [0.29, 0.717) is 10.8 Å². The summed E-state index contributed by atoms with van der Waals surface area (Å²) < 4.78 is 5.18. The van der Waals surface area contributed by atoms with E-state index in [0.717, 1.165) is 5.56 Å². The molecule has 1 aromatic rings. The number of nitrogens with one attached hydrogen (secondary N) is 1. The van der Waals surface area contributed by atoms with E-state index in [-0.39, 0.29) is 6.61 Å². The van der Waals surface area contributed by atoms with Gasteiger partial charge in [-0.2, -0.15) is 5.26 Å². The summed E-state index contributed by atoms with van der Waals surface area (Å²) in [5.74, 6) is 0.0966. The van der Waals surface area contributed by atoms with Crippen LogP contribution in [0, 0.1) is 18.4 Å². The molecule has 0 fully saturated rings. The fraction of sp³-hybridized carbons (Fsp3) is 0.200. The second kappa shape index (κ2) is 5.23. The van der Waals surface area contributed by atoms with Crippen molar-refractivity contribution >= 4 is 17.5 Å². The smallest absolute Gasteiger partial charge is 0.270 e. The number of benzene rings is 1. The van der Waals surface area contributed by atoms with Crippen molar-refractivity contribution in [3.05, 3.63) is 28.8 Å². The molecular formula is C10H9ClN2O2. The Morgan fingerprint density at radius 2 is 2.40 bits per heavy atom. The molecule has 0 aliphatic heterocycles. The number of hydrogen-bond acceptors (Lipinski definition) is 3. The molecule has 5 heteroatoms. The molecule has 78 valence electrons. The summed E-state index contributed by atoms with van der Waals surface area (Å²) in [5.41, 5.74) is 0.840. The molecule has 1 N–H and O–H groups in total. The van der Waals surface area contributed by atoms with Crippen LogP contribution in [-0.2, 0) is 4.79 Å². The van der Waals surface area contributed by atoms with E-state index in [4.69, 9.17) is 21.6 Å². The van der Waals surface area contributed by atoms with Crippen molar-refractivity contribution in [2.75, 3.05) is 6.61 Å². The van der Waals surface area contributed by atoms with Gasteiger partial charge in [0.25, 0.3) is 5.91 Å². The maximum Gasteiger partial charge on any atom is 0.270 e. The van der Waals surface area contributed by atoms with E-state index >= 15 is 0 Å². The summed E-state index contributed by atoms with van der Waals surface area (Å²) in [5, 5.41) is 10.7. The van der Waals surface area contributed by atoms with Crippen molar-refractivity contribution in [3.8, 4) is 11.9 Å². The molecule has 0 unspecified atom stereocenters. The number of halogens is 1. The zero-order valence-corrected chi connectivity index (χ0v) is 8.84. The van der Waals surface area contributed by atoms with E-state index < -0.39 is 5.91 Å². The number of aryl methyl sites for hydroxylation is 1. The molecule has 0 saturated heterocycles. The summed E-state index contributed by atoms with van der Waals surface area (Å²) in [7, 11) is 0. The highest BCUT2D eigenvalue weighted by Gasteiger charge is 2.04. The van der Waals surface area contributed by atoms with Crippen LogP contribution in [0.5, 0.6) is 5.75 Å². The molecule has 0 aromatic heterocycles. The van der Waals surface area contributed by atoms with Gasteiger partial charge in [0.1, 0.15) is 5.75 Å². The van der Waals surface area contributed by atoms with Crippen LogP contribution in [-0.4, -0.2) is 12.5 Å². The van der Waals surface area contributed by atoms with Crippen LogP contribution in [0.1, 0.15) is 5.56 Å². The number of carbonyl (C=O) groups is 1. The van der Waals surface area contributed by atoms with Gasteiger partial charge in [0.15, 0.2) is 12.8 Å². The van der Waals surface area contributed by atoms with E-state index in [1.807, 2.05) is 12.2 Å². The molecule has 4 nitrogen and oxygen atoms in total. The molecule has 0 atom stereocenters. The van der Waals surface area contributed by atoms with Crippen molar-refractivity contribution < 1.29 is 9.53 Å². The Kier molecular flexibility index (Phi) is 3.95. The largest absolute Gasteiger partial charge is 0.483 e. The minimum atomic E-state index is -0.480. The van der Waals surface area contributed by atoms with Crippen LogP contribution in [0.15, 0.2) is 18.2 Å². The molecule has 1 rings (SSSR count). The lowest BCUT2D eigenvalue weighted by atomic mass is 10.2. The fourth-order valence-electron chi connectivity index (χ4n) is 1.02. The van der Waals surface area contributed by atoms with Crippen molar-refractivity contribution in [2.24, 2.45) is 0 Å². The van der Waals surface area contributed by atoms with Crippen LogP contribution >= 0.6 is 11.6 Å². The average molecular weight is 225 g/mol. The van der Waals surface area contributed by atoms with Gasteiger partial charge >= 0.3 is 0 Å². The lowest BCUT2D eigenvalue weighted by Crippen LogP contribution is -2.24. The number of amides is 1. The number of carbonyl (C=O) groups excluding carboxylic acids is 1. The lowest BCUT2D eigenvalue weighted by Gasteiger charge is -2.07. The molecular weight excluding hydrogens is 216 g/mol. The van der Waals surface area contributed by atoms with Gasteiger partial charge in [-0.05, 0) is 30.7 Å². The van der Waals surface area contributed by atoms with E-state index in [9.17, 15) is 4.79 Å². The molecule has 0 bridgehead atoms. The zero-order valence-electron chi connectivity index (χ0n) is 8.08. The predicted octanol–water partition coefficient (Wildman–Crippen LogP) is 1.62. The molecule has 0 heterocycles. The Labute approximate surface area is 92.4 Å². The minimum absolute atomic E-state index is 0.184. The molecule has 1 aromatic carbocycles. The number of nitrogens with zero attached hydrogens (tertiary/aromatic N) is 1. The fourth-order valence-corrected chi connectivity index (χ4v) is 1.24. The van der Waals surface area contributed by atoms with Crippen molar-refractivity contribution in [1.82, 2.24) is 5.32 Å². The number of ether oxygens (including phenoxy) is 1. The Balaban J connectivity index is 2.59. The Morgan fingerprint density at radius 1 is 1.67 bits per heavy atom. The predicted molar refractivity (Wildman–Crippen MR) is 55.4 cm³/mol. The first-order valence-corrected chi connectivity index (χ1v) is 4.58. The van der Waals surface area contributed by atoms with E-state index in [1.54, 1.807) is 18.2 Å². The van der Waals surface area contributed by atoms with Gasteiger partial charge in [-0.15, -0.1) is 0 Å². The summed E-state index contributed by atoms with van der Waals surface area (Å²) >= 11 is 5.75. The van der Waals surface area contributed by atoms with E-state index in [2.05, 4.69) is 0 Å². The van der Waals surface area contributed by atoms with Gasteiger partial charge in [0, 0.05) is 5.02 Å². The van der Waals surface area contributed by atoms with Crippen molar-refractivity contribution in [2.45, 2.75) is 6.92 Å². The van der Waals surface area contributed by atoms with Crippen LogP contribution in [0.3, 0.4) is 0 Å². The number of nitriles is 1. The summed E-state index contributed by atoms with van der Waals surface area (Å²) in [6.07, 6.45) is 1.53. The maximum atomic E-state index is 10.9. The van der Waals surface area contributed by atoms with Crippen LogP contribution in [0.4, 0.5) is 0 Å². The van der Waals surface area contributed by atoms with Crippen molar-refractivity contribution in [1.29, 1.82) is 5.26 Å². The van der Waals surface area contributed by atoms with Crippen molar-refractivity contribution in [3.63, 3.8) is 0 Å². The topological polar surface area (TPSA) is 62.1 Å². The van der Waals surface area contributed by atoms with Gasteiger partial charge in [-0.25, -0.2) is 0 Å². The summed E-state index contributed by atoms with van der Waals surface area (Å²) in [4.78, 5) is 10.9. The van der Waals surface area contributed by atoms with Gasteiger partial charge in [0.05, 0.1) is 0 Å². The second-order valence-corrected chi connectivity index (χ2v) is 3.29. The van der Waals surface area contributed by atoms with Gasteiger partial charge in [-0.1, -0.05) is 11.6 Å². The first-order chi connectivity index (χ1) is 7.13. The standard InChI is InChI=1S/C10H9ClN2O2/c1-7-4-8(11)2-3-9(7)15-5-10(14)13-6-12/h2-4H,5H2,1H3,(H,13,14). The number of hydrogen-bond donors (Lipinski definition) is 1. The zero-order chi connectivity index (χ0) is 11.3. The Morgan fingerprint density at radius 3 is 3.00 bits per heavy atom. The Hall–Kier alpha value is -1.73. The third-order valence-corrected chi connectivity index (χ3v) is 1.93. The lowest BCUT2D eigenvalue weighted by molar-refractivity contribution is -0.121. The van der Waals surface area contributed by atoms with Gasteiger partial charge < -0.3 is 4.74 Å². The number of rotatable bonds is 3. The SMILES string of the molecule is Cc1cc(Cl)ccc1OCC(=O)NC#N. The van der Waals surface area contributed by atoms with Crippen LogP contribution < -0.4 is 10.1 Å². The summed E-state index contributed by atoms with van der Waals surface area (Å²) in [6.45, 7) is 1.64. The normalized spacial score (nSPS) is 9.13. The molecule has 15 heavy (non-hydrogen) atoms.